The summed E-state index contributed by atoms with van der Waals surface area (Å²) < 4.78 is 13.1. The van der Waals surface area contributed by atoms with Gasteiger partial charge in [0.25, 0.3) is 0 Å². The van der Waals surface area contributed by atoms with Crippen molar-refractivity contribution in [1.82, 2.24) is 10.2 Å². The molecule has 0 aliphatic carbocycles. The minimum absolute atomic E-state index is 0.334. The van der Waals surface area contributed by atoms with Crippen molar-refractivity contribution in [1.29, 1.82) is 0 Å². The number of nitrogens with one attached hydrogen (secondary N) is 1. The average molecular weight is 282 g/mol. The molecule has 0 atom stereocenters. The molecule has 0 aliphatic heterocycles. The number of nitrogens with two attached hydrogens (primary N) is 1. The van der Waals surface area contributed by atoms with Gasteiger partial charge in [-0.3, -0.25) is 5.10 Å². The molecule has 1 aromatic heterocycles. The third-order valence-electron chi connectivity index (χ3n) is 3.42. The molecule has 0 unspecified atom stereocenters. The first-order chi connectivity index (χ1) is 9.08. The van der Waals surface area contributed by atoms with Crippen molar-refractivity contribution in [3.8, 4) is 11.1 Å². The van der Waals surface area contributed by atoms with Gasteiger partial charge >= 0.3 is 0 Å². The van der Waals surface area contributed by atoms with Crippen molar-refractivity contribution in [2.45, 2.75) is 32.6 Å². The number of anilines is 1. The van der Waals surface area contributed by atoms with Crippen molar-refractivity contribution < 1.29 is 4.39 Å². The lowest BCUT2D eigenvalue weighted by molar-refractivity contribution is 0.621. The van der Waals surface area contributed by atoms with Crippen LogP contribution < -0.4 is 5.73 Å². The third kappa shape index (κ3) is 2.59. The summed E-state index contributed by atoms with van der Waals surface area (Å²) in [7, 11) is 0. The summed E-state index contributed by atoms with van der Waals surface area (Å²) in [5, 5.41) is 7.41. The molecular formula is C14H17ClFN3. The maximum absolute atomic E-state index is 13.1. The predicted octanol–water partition coefficient (Wildman–Crippen LogP) is 4.36. The first-order valence-corrected chi connectivity index (χ1v) is 6.75. The molecule has 0 amide bonds. The number of aromatic nitrogens is 2. The Bertz CT molecular complexity index is 576. The van der Waals surface area contributed by atoms with Crippen LogP contribution in [0.15, 0.2) is 18.2 Å². The Morgan fingerprint density at radius 1 is 1.37 bits per heavy atom. The number of benzene rings is 1. The van der Waals surface area contributed by atoms with Gasteiger partial charge in [-0.1, -0.05) is 25.4 Å². The fourth-order valence-electron chi connectivity index (χ4n) is 2.34. The summed E-state index contributed by atoms with van der Waals surface area (Å²) in [6.07, 6.45) is 1.95. The number of nitrogen functional groups attached to an aromatic ring is 1. The highest BCUT2D eigenvalue weighted by Crippen LogP contribution is 2.38. The van der Waals surface area contributed by atoms with Gasteiger partial charge in [-0.25, -0.2) is 4.39 Å². The maximum Gasteiger partial charge on any atom is 0.153 e. The lowest BCUT2D eigenvalue weighted by atomic mass is 9.93. The summed E-state index contributed by atoms with van der Waals surface area (Å²) >= 11 is 6.12. The first-order valence-electron chi connectivity index (χ1n) is 6.37. The highest BCUT2D eigenvalue weighted by atomic mass is 35.5. The molecule has 0 aliphatic rings. The van der Waals surface area contributed by atoms with Crippen LogP contribution in [0.5, 0.6) is 0 Å². The van der Waals surface area contributed by atoms with Crippen LogP contribution in [0, 0.1) is 5.82 Å². The number of hydrogen-bond acceptors (Lipinski definition) is 2. The van der Waals surface area contributed by atoms with Crippen molar-refractivity contribution in [3.05, 3.63) is 34.7 Å². The van der Waals surface area contributed by atoms with Crippen molar-refractivity contribution in [2.24, 2.45) is 0 Å². The van der Waals surface area contributed by atoms with E-state index in [1.807, 2.05) is 0 Å². The zero-order valence-corrected chi connectivity index (χ0v) is 11.8. The van der Waals surface area contributed by atoms with Crippen molar-refractivity contribution in [2.75, 3.05) is 5.73 Å². The van der Waals surface area contributed by atoms with E-state index < -0.39 is 0 Å². The van der Waals surface area contributed by atoms with Gasteiger partial charge in [-0.05, 0) is 31.0 Å². The lowest BCUT2D eigenvalue weighted by Crippen LogP contribution is -1.99. The Balaban J connectivity index is 2.58. The second-order valence-corrected chi connectivity index (χ2v) is 4.94. The van der Waals surface area contributed by atoms with Gasteiger partial charge in [0.2, 0.25) is 0 Å². The van der Waals surface area contributed by atoms with Crippen LogP contribution in [0.4, 0.5) is 10.2 Å². The van der Waals surface area contributed by atoms with E-state index in [0.717, 1.165) is 29.7 Å². The minimum Gasteiger partial charge on any atom is -0.382 e. The molecule has 1 aromatic carbocycles. The molecule has 1 heterocycles. The molecule has 0 fully saturated rings. The second-order valence-electron chi connectivity index (χ2n) is 4.54. The van der Waals surface area contributed by atoms with E-state index >= 15 is 0 Å². The summed E-state index contributed by atoms with van der Waals surface area (Å²) in [5.41, 5.74) is 8.41. The first kappa shape index (κ1) is 13.9. The summed E-state index contributed by atoms with van der Waals surface area (Å²) in [5.74, 6) is 0.372. The molecule has 0 radical (unpaired) electrons. The molecule has 5 heteroatoms. The SMILES string of the molecule is CCC(CC)c1[nH]nc(N)c1-c1ccc(F)cc1Cl. The number of rotatable bonds is 4. The molecule has 0 spiro atoms. The number of aromatic amines is 1. The van der Waals surface area contributed by atoms with Crippen LogP contribution in [-0.2, 0) is 0 Å². The maximum atomic E-state index is 13.1. The molecule has 0 saturated carbocycles. The number of H-pyrrole nitrogens is 1. The van der Waals surface area contributed by atoms with Crippen LogP contribution in [-0.4, -0.2) is 10.2 Å². The van der Waals surface area contributed by atoms with Gasteiger partial charge in [0.1, 0.15) is 5.82 Å². The van der Waals surface area contributed by atoms with Gasteiger partial charge in [-0.15, -0.1) is 0 Å². The Morgan fingerprint density at radius 3 is 2.63 bits per heavy atom. The quantitative estimate of drug-likeness (QED) is 0.875. The number of hydrogen-bond donors (Lipinski definition) is 2. The van der Waals surface area contributed by atoms with Crippen LogP contribution in [0.2, 0.25) is 5.02 Å². The standard InChI is InChI=1S/C14H17ClFN3/c1-3-8(4-2)13-12(14(17)19-18-13)10-6-5-9(16)7-11(10)15/h5-8H,3-4H2,1-2H3,(H3,17,18,19). The van der Waals surface area contributed by atoms with Crippen LogP contribution >= 0.6 is 11.6 Å². The van der Waals surface area contributed by atoms with E-state index in [9.17, 15) is 4.39 Å². The van der Waals surface area contributed by atoms with Crippen molar-refractivity contribution in [3.63, 3.8) is 0 Å². The van der Waals surface area contributed by atoms with E-state index in [4.69, 9.17) is 17.3 Å². The monoisotopic (exact) mass is 281 g/mol. The van der Waals surface area contributed by atoms with Crippen LogP contribution in [0.1, 0.15) is 38.3 Å². The lowest BCUT2D eigenvalue weighted by Gasteiger charge is -2.14. The minimum atomic E-state index is -0.361. The van der Waals surface area contributed by atoms with Gasteiger partial charge < -0.3 is 5.73 Å². The normalized spacial score (nSPS) is 11.2. The van der Waals surface area contributed by atoms with E-state index in [2.05, 4.69) is 24.0 Å². The number of halogens is 2. The molecule has 102 valence electrons. The molecule has 3 N–H and O–H groups in total. The Hall–Kier alpha value is -1.55. The molecular weight excluding hydrogens is 265 g/mol. The molecule has 0 bridgehead atoms. The van der Waals surface area contributed by atoms with Crippen LogP contribution in [0.25, 0.3) is 11.1 Å². The van der Waals surface area contributed by atoms with E-state index in [0.29, 0.717) is 16.8 Å². The molecule has 3 nitrogen and oxygen atoms in total. The van der Waals surface area contributed by atoms with Gasteiger partial charge in [0.15, 0.2) is 5.82 Å². The second kappa shape index (κ2) is 5.61. The largest absolute Gasteiger partial charge is 0.382 e. The van der Waals surface area contributed by atoms with Crippen molar-refractivity contribution >= 4 is 17.4 Å². The van der Waals surface area contributed by atoms with E-state index in [1.54, 1.807) is 6.07 Å². The zero-order chi connectivity index (χ0) is 14.0. The third-order valence-corrected chi connectivity index (χ3v) is 3.73. The van der Waals surface area contributed by atoms with E-state index in [-0.39, 0.29) is 5.82 Å². The average Bonchev–Trinajstić information content (AvgIpc) is 2.74. The fourth-order valence-corrected chi connectivity index (χ4v) is 2.60. The Morgan fingerprint density at radius 2 is 2.05 bits per heavy atom. The molecule has 0 saturated heterocycles. The van der Waals surface area contributed by atoms with E-state index in [1.165, 1.54) is 12.1 Å². The summed E-state index contributed by atoms with van der Waals surface area (Å²) in [4.78, 5) is 0. The highest BCUT2D eigenvalue weighted by Gasteiger charge is 2.20. The summed E-state index contributed by atoms with van der Waals surface area (Å²) in [6, 6.07) is 4.31. The molecule has 2 rings (SSSR count). The molecule has 19 heavy (non-hydrogen) atoms. The van der Waals surface area contributed by atoms with Gasteiger partial charge in [0, 0.05) is 22.7 Å². The molecule has 2 aromatic rings. The van der Waals surface area contributed by atoms with Gasteiger partial charge in [0.05, 0.1) is 5.02 Å². The highest BCUT2D eigenvalue weighted by molar-refractivity contribution is 6.33. The number of nitrogens with zero attached hydrogens (tertiary/aromatic N) is 1. The fraction of sp³-hybridized carbons (Fsp3) is 0.357. The smallest absolute Gasteiger partial charge is 0.153 e. The predicted molar refractivity (Wildman–Crippen MR) is 76.7 cm³/mol. The topological polar surface area (TPSA) is 54.7 Å². The Labute approximate surface area is 117 Å². The van der Waals surface area contributed by atoms with Gasteiger partial charge in [-0.2, -0.15) is 5.10 Å². The Kier molecular flexibility index (Phi) is 4.10. The zero-order valence-electron chi connectivity index (χ0n) is 11.0. The summed E-state index contributed by atoms with van der Waals surface area (Å²) in [6.45, 7) is 4.22. The van der Waals surface area contributed by atoms with Crippen LogP contribution in [0.3, 0.4) is 0 Å².